The highest BCUT2D eigenvalue weighted by Gasteiger charge is 2.44. The van der Waals surface area contributed by atoms with Crippen LogP contribution in [0.4, 0.5) is 10.5 Å². The average Bonchev–Trinajstić information content (AvgIpc) is 3.49. The quantitative estimate of drug-likeness (QED) is 0.626. The minimum Gasteiger partial charge on any atom is -0.371 e. The lowest BCUT2D eigenvalue weighted by Crippen LogP contribution is -2.53. The van der Waals surface area contributed by atoms with Gasteiger partial charge in [-0.1, -0.05) is 12.1 Å². The number of benzene rings is 1. The van der Waals surface area contributed by atoms with Crippen molar-refractivity contribution >= 4 is 17.5 Å². The average molecular weight is 464 g/mol. The molecule has 0 N–H and O–H groups in total. The molecule has 0 saturated carbocycles. The zero-order valence-corrected chi connectivity index (χ0v) is 20.6. The number of likely N-dealkylation sites (tertiary alicyclic amines) is 2. The molecule has 3 aliphatic rings. The predicted molar refractivity (Wildman–Crippen MR) is 133 cm³/mol. The van der Waals surface area contributed by atoms with E-state index in [4.69, 9.17) is 0 Å². The second-order valence-electron chi connectivity index (χ2n) is 10.4. The van der Waals surface area contributed by atoms with Crippen LogP contribution in [-0.2, 0) is 6.54 Å². The highest BCUT2D eigenvalue weighted by atomic mass is 16.2. The summed E-state index contributed by atoms with van der Waals surface area (Å²) in [6.07, 6.45) is 9.93. The number of hydrogen-bond acceptors (Lipinski definition) is 5. The number of ketones is 1. The van der Waals surface area contributed by atoms with Crippen molar-refractivity contribution in [2.75, 3.05) is 37.6 Å². The lowest BCUT2D eigenvalue weighted by molar-refractivity contribution is 0.0585. The largest absolute Gasteiger partial charge is 0.371 e. The number of carbonyl (C=O) groups is 2. The molecule has 1 aromatic heterocycles. The summed E-state index contributed by atoms with van der Waals surface area (Å²) in [5.41, 5.74) is 4.72. The fourth-order valence-electron chi connectivity index (χ4n) is 6.13. The molecule has 0 aliphatic carbocycles. The molecule has 0 unspecified atom stereocenters. The molecule has 7 nitrogen and oxygen atoms in total. The van der Waals surface area contributed by atoms with Crippen molar-refractivity contribution in [1.29, 1.82) is 0 Å². The van der Waals surface area contributed by atoms with Crippen molar-refractivity contribution < 1.29 is 9.59 Å². The lowest BCUT2D eigenvalue weighted by Gasteiger charge is -2.45. The Bertz CT molecular complexity index is 1050. The minimum atomic E-state index is -0.127. The van der Waals surface area contributed by atoms with Crippen molar-refractivity contribution in [2.45, 2.75) is 70.9 Å². The molecule has 3 saturated heterocycles. The first-order valence-corrected chi connectivity index (χ1v) is 12.9. The van der Waals surface area contributed by atoms with Gasteiger partial charge < -0.3 is 9.80 Å². The van der Waals surface area contributed by atoms with Crippen molar-refractivity contribution in [2.24, 2.45) is 0 Å². The van der Waals surface area contributed by atoms with Gasteiger partial charge >= 0.3 is 6.03 Å². The van der Waals surface area contributed by atoms with Gasteiger partial charge in [-0.15, -0.1) is 0 Å². The normalized spacial score (nSPS) is 20.8. The zero-order valence-electron chi connectivity index (χ0n) is 20.6. The number of nitrogens with zero attached hydrogens (tertiary/aromatic N) is 5. The van der Waals surface area contributed by atoms with E-state index in [0.29, 0.717) is 5.69 Å². The summed E-state index contributed by atoms with van der Waals surface area (Å²) >= 11 is 0. The molecule has 3 aliphatic heterocycles. The van der Waals surface area contributed by atoms with Gasteiger partial charge in [-0.25, -0.2) is 4.79 Å². The van der Waals surface area contributed by atoms with E-state index < -0.39 is 0 Å². The summed E-state index contributed by atoms with van der Waals surface area (Å²) in [4.78, 5) is 31.7. The van der Waals surface area contributed by atoms with Gasteiger partial charge in [0, 0.05) is 57.1 Å². The van der Waals surface area contributed by atoms with Gasteiger partial charge in [0.05, 0.1) is 0 Å². The summed E-state index contributed by atoms with van der Waals surface area (Å²) in [5.74, 6) is -0.120. The Morgan fingerprint density at radius 1 is 0.941 bits per heavy atom. The topological polar surface area (TPSA) is 61.7 Å². The van der Waals surface area contributed by atoms with Crippen LogP contribution in [0.1, 0.15) is 73.5 Å². The van der Waals surface area contributed by atoms with Crippen molar-refractivity contribution in [3.05, 3.63) is 47.3 Å². The van der Waals surface area contributed by atoms with Crippen LogP contribution < -0.4 is 4.90 Å². The van der Waals surface area contributed by atoms with Gasteiger partial charge in [0.1, 0.15) is 5.69 Å². The maximum atomic E-state index is 13.0. The van der Waals surface area contributed by atoms with Gasteiger partial charge in [-0.2, -0.15) is 9.78 Å². The van der Waals surface area contributed by atoms with E-state index in [-0.39, 0.29) is 17.4 Å². The Morgan fingerprint density at radius 3 is 2.41 bits per heavy atom. The molecule has 2 aromatic rings. The van der Waals surface area contributed by atoms with Gasteiger partial charge in [-0.05, 0) is 81.7 Å². The molecular weight excluding hydrogens is 426 g/mol. The first-order valence-electron chi connectivity index (χ1n) is 12.9. The van der Waals surface area contributed by atoms with E-state index in [9.17, 15) is 9.59 Å². The molecule has 7 heteroatoms. The zero-order chi connectivity index (χ0) is 23.7. The SMILES string of the molecule is CC(=O)c1ccn(C(=O)N2CCC3(CCCN3Cc3ccc(C)cc3N3CCCCC3)CC2)n1. The third-order valence-electron chi connectivity index (χ3n) is 8.15. The monoisotopic (exact) mass is 463 g/mol. The predicted octanol–water partition coefficient (Wildman–Crippen LogP) is 4.48. The fraction of sp³-hybridized carbons (Fsp3) is 0.593. The van der Waals surface area contributed by atoms with E-state index in [0.717, 1.165) is 52.1 Å². The van der Waals surface area contributed by atoms with Crippen LogP contribution in [0.2, 0.25) is 0 Å². The highest BCUT2D eigenvalue weighted by Crippen LogP contribution is 2.40. The number of Topliss-reactive ketones (excluding diaryl/α,β-unsaturated/α-hetero) is 1. The minimum absolute atomic E-state index is 0.120. The summed E-state index contributed by atoms with van der Waals surface area (Å²) in [7, 11) is 0. The van der Waals surface area contributed by atoms with E-state index in [2.05, 4.69) is 40.0 Å². The third kappa shape index (κ3) is 4.50. The van der Waals surface area contributed by atoms with Gasteiger partial charge in [0.25, 0.3) is 0 Å². The maximum Gasteiger partial charge on any atom is 0.344 e. The van der Waals surface area contributed by atoms with Crippen molar-refractivity contribution in [3.63, 3.8) is 0 Å². The first kappa shape index (κ1) is 23.1. The number of anilines is 1. The Morgan fingerprint density at radius 2 is 1.71 bits per heavy atom. The van der Waals surface area contributed by atoms with Crippen LogP contribution >= 0.6 is 0 Å². The molecule has 0 atom stereocenters. The smallest absolute Gasteiger partial charge is 0.344 e. The summed E-state index contributed by atoms with van der Waals surface area (Å²) in [6, 6.07) is 8.47. The standard InChI is InChI=1S/C27H37N5O2/c1-21-7-8-23(25(19-21)29-13-4-3-5-14-29)20-31-15-6-10-27(31)11-17-30(18-12-27)26(34)32-16-9-24(28-32)22(2)33/h7-9,16,19H,3-6,10-15,17-18,20H2,1-2H3. The third-order valence-corrected chi connectivity index (χ3v) is 8.15. The van der Waals surface area contributed by atoms with Crippen LogP contribution in [0.5, 0.6) is 0 Å². The number of piperidine rings is 2. The second-order valence-corrected chi connectivity index (χ2v) is 10.4. The lowest BCUT2D eigenvalue weighted by atomic mass is 9.84. The molecule has 0 bridgehead atoms. The highest BCUT2D eigenvalue weighted by molar-refractivity contribution is 5.92. The molecule has 1 spiro atoms. The number of amides is 1. The second kappa shape index (κ2) is 9.53. The molecule has 182 valence electrons. The van der Waals surface area contributed by atoms with Crippen LogP contribution in [-0.4, -0.2) is 69.7 Å². The molecule has 1 aromatic carbocycles. The van der Waals surface area contributed by atoms with E-state index >= 15 is 0 Å². The van der Waals surface area contributed by atoms with E-state index in [1.165, 1.54) is 60.5 Å². The molecule has 34 heavy (non-hydrogen) atoms. The van der Waals surface area contributed by atoms with Crippen molar-refractivity contribution in [1.82, 2.24) is 19.6 Å². The number of carbonyl (C=O) groups excluding carboxylic acids is 2. The molecular formula is C27H37N5O2. The Balaban J connectivity index is 1.28. The maximum absolute atomic E-state index is 13.0. The van der Waals surface area contributed by atoms with Crippen LogP contribution in [0.3, 0.4) is 0 Å². The number of hydrogen-bond donors (Lipinski definition) is 0. The number of aryl methyl sites for hydroxylation is 1. The Hall–Kier alpha value is -2.67. The number of aromatic nitrogens is 2. The summed E-state index contributed by atoms with van der Waals surface area (Å²) in [6.45, 7) is 9.58. The van der Waals surface area contributed by atoms with Crippen LogP contribution in [0, 0.1) is 6.92 Å². The van der Waals surface area contributed by atoms with Crippen molar-refractivity contribution in [3.8, 4) is 0 Å². The van der Waals surface area contributed by atoms with E-state index in [1.54, 1.807) is 12.3 Å². The van der Waals surface area contributed by atoms with Crippen LogP contribution in [0.15, 0.2) is 30.5 Å². The van der Waals surface area contributed by atoms with Gasteiger partial charge in [-0.3, -0.25) is 9.69 Å². The van der Waals surface area contributed by atoms with Gasteiger partial charge in [0.15, 0.2) is 5.78 Å². The van der Waals surface area contributed by atoms with E-state index in [1.807, 2.05) is 4.90 Å². The summed E-state index contributed by atoms with van der Waals surface area (Å²) in [5, 5.41) is 4.17. The first-order chi connectivity index (χ1) is 16.4. The Labute approximate surface area is 202 Å². The summed E-state index contributed by atoms with van der Waals surface area (Å²) < 4.78 is 1.32. The van der Waals surface area contributed by atoms with Crippen LogP contribution in [0.25, 0.3) is 0 Å². The molecule has 5 rings (SSSR count). The molecule has 3 fully saturated rings. The fourth-order valence-corrected chi connectivity index (χ4v) is 6.13. The number of rotatable bonds is 4. The molecule has 0 radical (unpaired) electrons. The molecule has 1 amide bonds. The van der Waals surface area contributed by atoms with Gasteiger partial charge in [0.2, 0.25) is 0 Å². The Kier molecular flexibility index (Phi) is 6.47. The molecule has 4 heterocycles.